The molecule has 1 aromatic heterocycles. The summed E-state index contributed by atoms with van der Waals surface area (Å²) < 4.78 is 2.02. The van der Waals surface area contributed by atoms with Gasteiger partial charge < -0.3 is 15.6 Å². The van der Waals surface area contributed by atoms with Crippen LogP contribution in [0.25, 0.3) is 5.69 Å². The average molecular weight is 272 g/mol. The van der Waals surface area contributed by atoms with Crippen molar-refractivity contribution in [3.63, 3.8) is 0 Å². The molecular weight excluding hydrogens is 252 g/mol. The number of carbonyl (C=O) groups is 1. The van der Waals surface area contributed by atoms with Crippen molar-refractivity contribution in [3.05, 3.63) is 42.0 Å². The summed E-state index contributed by atoms with van der Waals surface area (Å²) in [7, 11) is 0. The molecule has 0 atom stereocenters. The van der Waals surface area contributed by atoms with Crippen LogP contribution in [0.15, 0.2) is 30.6 Å². The Hall–Kier alpha value is -2.14. The van der Waals surface area contributed by atoms with E-state index in [9.17, 15) is 4.79 Å². The number of rotatable bonds is 5. The van der Waals surface area contributed by atoms with Crippen molar-refractivity contribution in [3.8, 4) is 5.69 Å². The Morgan fingerprint density at radius 2 is 2.00 bits per heavy atom. The third-order valence-corrected chi connectivity index (χ3v) is 3.29. The van der Waals surface area contributed by atoms with E-state index in [1.165, 1.54) is 0 Å². The molecule has 2 aromatic rings. The van der Waals surface area contributed by atoms with Gasteiger partial charge in [0.1, 0.15) is 0 Å². The van der Waals surface area contributed by atoms with Gasteiger partial charge in [-0.1, -0.05) is 0 Å². The summed E-state index contributed by atoms with van der Waals surface area (Å²) in [4.78, 5) is 15.9. The third kappa shape index (κ3) is 3.24. The zero-order valence-electron chi connectivity index (χ0n) is 11.9. The molecule has 5 heteroatoms. The second kappa shape index (κ2) is 6.34. The minimum atomic E-state index is -0.00199. The van der Waals surface area contributed by atoms with E-state index < -0.39 is 0 Å². The number of carbonyl (C=O) groups excluding carboxylic acids is 1. The van der Waals surface area contributed by atoms with Crippen LogP contribution in [0.1, 0.15) is 24.2 Å². The van der Waals surface area contributed by atoms with Gasteiger partial charge >= 0.3 is 0 Å². The smallest absolute Gasteiger partial charge is 0.224 e. The van der Waals surface area contributed by atoms with Crippen LogP contribution in [-0.2, 0) is 4.79 Å². The lowest BCUT2D eigenvalue weighted by molar-refractivity contribution is -0.116. The Labute approximate surface area is 118 Å². The van der Waals surface area contributed by atoms with E-state index in [0.29, 0.717) is 19.4 Å². The fourth-order valence-electron chi connectivity index (χ4n) is 1.95. The molecule has 2 rings (SSSR count). The van der Waals surface area contributed by atoms with Crippen molar-refractivity contribution < 1.29 is 4.79 Å². The zero-order chi connectivity index (χ0) is 14.5. The highest BCUT2D eigenvalue weighted by Crippen LogP contribution is 2.16. The Bertz CT molecular complexity index is 586. The maximum Gasteiger partial charge on any atom is 0.224 e. The lowest BCUT2D eigenvalue weighted by atomic mass is 10.2. The van der Waals surface area contributed by atoms with Crippen LogP contribution in [0.2, 0.25) is 0 Å². The first-order valence-electron chi connectivity index (χ1n) is 6.72. The minimum Gasteiger partial charge on any atom is -0.330 e. The molecule has 0 aliphatic carbocycles. The first kappa shape index (κ1) is 14.3. The minimum absolute atomic E-state index is 0.00199. The topological polar surface area (TPSA) is 72.9 Å². The maximum atomic E-state index is 11.6. The van der Waals surface area contributed by atoms with E-state index in [4.69, 9.17) is 5.73 Å². The van der Waals surface area contributed by atoms with Crippen LogP contribution in [0.4, 0.5) is 5.69 Å². The number of nitrogens with one attached hydrogen (secondary N) is 1. The van der Waals surface area contributed by atoms with Crippen molar-refractivity contribution in [2.75, 3.05) is 11.9 Å². The largest absolute Gasteiger partial charge is 0.330 e. The van der Waals surface area contributed by atoms with Gasteiger partial charge in [-0.3, -0.25) is 4.79 Å². The van der Waals surface area contributed by atoms with Crippen LogP contribution in [-0.4, -0.2) is 22.0 Å². The van der Waals surface area contributed by atoms with E-state index in [0.717, 1.165) is 22.8 Å². The molecule has 0 saturated heterocycles. The molecule has 0 fully saturated rings. The van der Waals surface area contributed by atoms with Crippen molar-refractivity contribution in [1.82, 2.24) is 9.55 Å². The quantitative estimate of drug-likeness (QED) is 0.876. The van der Waals surface area contributed by atoms with E-state index in [-0.39, 0.29) is 5.91 Å². The summed E-state index contributed by atoms with van der Waals surface area (Å²) in [6.45, 7) is 4.55. The number of hydrogen-bond donors (Lipinski definition) is 2. The SMILES string of the molecule is Cc1ncn(-c2ccc(NC(=O)CCCN)cc2)c1C. The van der Waals surface area contributed by atoms with Gasteiger partial charge in [0.2, 0.25) is 5.91 Å². The number of benzene rings is 1. The fourth-order valence-corrected chi connectivity index (χ4v) is 1.95. The molecule has 1 aromatic carbocycles. The third-order valence-electron chi connectivity index (χ3n) is 3.29. The van der Waals surface area contributed by atoms with Gasteiger partial charge in [0, 0.05) is 23.5 Å². The Morgan fingerprint density at radius 1 is 1.30 bits per heavy atom. The summed E-state index contributed by atoms with van der Waals surface area (Å²) in [6, 6.07) is 7.72. The van der Waals surface area contributed by atoms with Gasteiger partial charge in [0.25, 0.3) is 0 Å². The molecule has 0 unspecified atom stereocenters. The predicted molar refractivity (Wildman–Crippen MR) is 80.0 cm³/mol. The number of imidazole rings is 1. The van der Waals surface area contributed by atoms with Gasteiger partial charge in [-0.05, 0) is 51.1 Å². The molecule has 3 N–H and O–H groups in total. The molecule has 106 valence electrons. The summed E-state index contributed by atoms with van der Waals surface area (Å²) in [6.07, 6.45) is 2.97. The number of nitrogens with two attached hydrogens (primary N) is 1. The van der Waals surface area contributed by atoms with Gasteiger partial charge in [0.05, 0.1) is 12.0 Å². The molecule has 0 bridgehead atoms. The second-order valence-electron chi connectivity index (χ2n) is 4.77. The highest BCUT2D eigenvalue weighted by molar-refractivity contribution is 5.90. The van der Waals surface area contributed by atoms with E-state index in [2.05, 4.69) is 10.3 Å². The van der Waals surface area contributed by atoms with E-state index >= 15 is 0 Å². The molecule has 1 amide bonds. The Morgan fingerprint density at radius 3 is 2.55 bits per heavy atom. The van der Waals surface area contributed by atoms with Gasteiger partial charge in [-0.2, -0.15) is 0 Å². The average Bonchev–Trinajstić information content (AvgIpc) is 2.78. The normalized spacial score (nSPS) is 10.6. The summed E-state index contributed by atoms with van der Waals surface area (Å²) in [5.74, 6) is -0.00199. The molecule has 0 aliphatic rings. The van der Waals surface area contributed by atoms with Crippen LogP contribution < -0.4 is 11.1 Å². The Balaban J connectivity index is 2.07. The number of aryl methyl sites for hydroxylation is 1. The summed E-state index contributed by atoms with van der Waals surface area (Å²) in [5, 5.41) is 2.86. The van der Waals surface area contributed by atoms with Crippen LogP contribution in [0.5, 0.6) is 0 Å². The molecule has 5 nitrogen and oxygen atoms in total. The molecule has 1 heterocycles. The molecule has 20 heavy (non-hydrogen) atoms. The standard InChI is InChI=1S/C15H20N4O/c1-11-12(2)19(10-17-11)14-7-5-13(6-8-14)18-15(20)4-3-9-16/h5-8,10H,3-4,9,16H2,1-2H3,(H,18,20). The number of anilines is 1. The van der Waals surface area contributed by atoms with Crippen molar-refractivity contribution in [2.24, 2.45) is 5.73 Å². The highest BCUT2D eigenvalue weighted by atomic mass is 16.1. The first-order chi connectivity index (χ1) is 9.61. The van der Waals surface area contributed by atoms with Gasteiger partial charge in [-0.25, -0.2) is 4.98 Å². The number of nitrogens with zero attached hydrogens (tertiary/aromatic N) is 2. The van der Waals surface area contributed by atoms with E-state index in [1.807, 2.05) is 42.7 Å². The molecule has 0 spiro atoms. The van der Waals surface area contributed by atoms with Crippen molar-refractivity contribution in [2.45, 2.75) is 26.7 Å². The summed E-state index contributed by atoms with van der Waals surface area (Å²) >= 11 is 0. The van der Waals surface area contributed by atoms with Gasteiger partial charge in [-0.15, -0.1) is 0 Å². The molecule has 0 saturated carbocycles. The fraction of sp³-hybridized carbons (Fsp3) is 0.333. The maximum absolute atomic E-state index is 11.6. The van der Waals surface area contributed by atoms with Crippen molar-refractivity contribution >= 4 is 11.6 Å². The van der Waals surface area contributed by atoms with Crippen molar-refractivity contribution in [1.29, 1.82) is 0 Å². The number of aromatic nitrogens is 2. The monoisotopic (exact) mass is 272 g/mol. The first-order valence-corrected chi connectivity index (χ1v) is 6.72. The molecule has 0 aliphatic heterocycles. The van der Waals surface area contributed by atoms with E-state index in [1.54, 1.807) is 6.33 Å². The molecule has 0 radical (unpaired) electrons. The predicted octanol–water partition coefficient (Wildman–Crippen LogP) is 2.17. The lowest BCUT2D eigenvalue weighted by Gasteiger charge is -2.08. The lowest BCUT2D eigenvalue weighted by Crippen LogP contribution is -2.13. The van der Waals surface area contributed by atoms with Crippen LogP contribution in [0, 0.1) is 13.8 Å². The second-order valence-corrected chi connectivity index (χ2v) is 4.77. The molecular formula is C15H20N4O. The Kier molecular flexibility index (Phi) is 4.53. The number of hydrogen-bond acceptors (Lipinski definition) is 3. The van der Waals surface area contributed by atoms with Crippen LogP contribution >= 0.6 is 0 Å². The highest BCUT2D eigenvalue weighted by Gasteiger charge is 2.05. The van der Waals surface area contributed by atoms with Gasteiger partial charge in [0.15, 0.2) is 0 Å². The zero-order valence-corrected chi connectivity index (χ0v) is 11.9. The number of amides is 1. The van der Waals surface area contributed by atoms with Crippen LogP contribution in [0.3, 0.4) is 0 Å². The summed E-state index contributed by atoms with van der Waals surface area (Å²) in [5.41, 5.74) is 9.34.